The number of hydrogen-bond acceptors (Lipinski definition) is 5. The summed E-state index contributed by atoms with van der Waals surface area (Å²) in [6.45, 7) is 3.40. The first-order valence-electron chi connectivity index (χ1n) is 10.2. The van der Waals surface area contributed by atoms with E-state index in [-0.39, 0.29) is 23.8 Å². The van der Waals surface area contributed by atoms with Crippen LogP contribution in [0.5, 0.6) is 0 Å². The van der Waals surface area contributed by atoms with Gasteiger partial charge in [-0.15, -0.1) is 0 Å². The molecule has 3 amide bonds. The molecule has 29 heavy (non-hydrogen) atoms. The van der Waals surface area contributed by atoms with Crippen molar-refractivity contribution >= 4 is 35.0 Å². The second-order valence-corrected chi connectivity index (χ2v) is 8.88. The van der Waals surface area contributed by atoms with Gasteiger partial charge in [-0.05, 0) is 50.4 Å². The number of hydrogen-bond donors (Lipinski definition) is 1. The van der Waals surface area contributed by atoms with Crippen molar-refractivity contribution in [1.82, 2.24) is 9.80 Å². The average Bonchev–Trinajstić information content (AvgIpc) is 3.37. The molecule has 3 fully saturated rings. The molecule has 1 N–H and O–H groups in total. The van der Waals surface area contributed by atoms with Crippen LogP contribution in [0.25, 0.3) is 0 Å². The maximum atomic E-state index is 13.5. The molecule has 8 heteroatoms. The van der Waals surface area contributed by atoms with Crippen molar-refractivity contribution in [2.45, 2.75) is 37.8 Å². The Balaban J connectivity index is 1.66. The number of fused-ring (bicyclic) bond motifs is 7. The first kappa shape index (κ1) is 19.0. The predicted octanol–water partition coefficient (Wildman–Crippen LogP) is 1.91. The topological polar surface area (TPSA) is 79.0 Å². The van der Waals surface area contributed by atoms with Crippen LogP contribution < -0.4 is 5.32 Å². The quantitative estimate of drug-likeness (QED) is 0.598. The van der Waals surface area contributed by atoms with Gasteiger partial charge in [0.2, 0.25) is 17.7 Å². The van der Waals surface area contributed by atoms with E-state index in [9.17, 15) is 14.4 Å². The Kier molecular flexibility index (Phi) is 4.28. The van der Waals surface area contributed by atoms with Crippen molar-refractivity contribution in [2.24, 2.45) is 11.8 Å². The lowest BCUT2D eigenvalue weighted by Crippen LogP contribution is -2.54. The Morgan fingerprint density at radius 2 is 2.07 bits per heavy atom. The van der Waals surface area contributed by atoms with E-state index >= 15 is 0 Å². The van der Waals surface area contributed by atoms with Crippen LogP contribution in [0.4, 0.5) is 5.69 Å². The average molecular weight is 418 g/mol. The molecule has 7 nitrogen and oxygen atoms in total. The van der Waals surface area contributed by atoms with E-state index in [1.165, 1.54) is 4.90 Å². The summed E-state index contributed by atoms with van der Waals surface area (Å²) in [6, 6.07) is 3.51. The third kappa shape index (κ3) is 2.29. The first-order valence-corrected chi connectivity index (χ1v) is 10.5. The molecule has 0 saturated carbocycles. The minimum absolute atomic E-state index is 0.0973. The van der Waals surface area contributed by atoms with Gasteiger partial charge in [-0.25, -0.2) is 0 Å². The van der Waals surface area contributed by atoms with Crippen LogP contribution in [0.3, 0.4) is 0 Å². The van der Waals surface area contributed by atoms with Gasteiger partial charge in [-0.1, -0.05) is 11.6 Å². The third-order valence-electron chi connectivity index (χ3n) is 7.09. The van der Waals surface area contributed by atoms with E-state index in [1.807, 2.05) is 13.0 Å². The first-order chi connectivity index (χ1) is 13.9. The number of rotatable bonds is 4. The number of aryl methyl sites for hydroxylation is 1. The summed E-state index contributed by atoms with van der Waals surface area (Å²) in [6.07, 6.45) is 2.31. The Morgan fingerprint density at radius 3 is 2.83 bits per heavy atom. The molecule has 0 radical (unpaired) electrons. The number of carbonyl (C=O) groups excluding carboxylic acids is 3. The Bertz CT molecular complexity index is 935. The van der Waals surface area contributed by atoms with Crippen LogP contribution >= 0.6 is 11.6 Å². The molecule has 1 aromatic carbocycles. The number of ether oxygens (including phenoxy) is 1. The molecular formula is C21H24ClN3O4. The molecule has 154 valence electrons. The predicted molar refractivity (Wildman–Crippen MR) is 106 cm³/mol. The number of nitrogens with zero attached hydrogens (tertiary/aromatic N) is 2. The van der Waals surface area contributed by atoms with Gasteiger partial charge >= 0.3 is 0 Å². The maximum absolute atomic E-state index is 13.5. The number of anilines is 1. The normalized spacial score (nSPS) is 32.9. The number of halogens is 1. The van der Waals surface area contributed by atoms with E-state index in [0.29, 0.717) is 31.1 Å². The molecule has 0 aliphatic carbocycles. The molecule has 0 bridgehead atoms. The summed E-state index contributed by atoms with van der Waals surface area (Å²) in [5.74, 6) is -1.79. The van der Waals surface area contributed by atoms with Crippen molar-refractivity contribution in [3.8, 4) is 0 Å². The lowest BCUT2D eigenvalue weighted by Gasteiger charge is -2.36. The fourth-order valence-corrected chi connectivity index (χ4v) is 6.36. The fourth-order valence-electron chi connectivity index (χ4n) is 6.08. The van der Waals surface area contributed by atoms with Gasteiger partial charge in [-0.3, -0.25) is 24.2 Å². The molecule has 5 rings (SSSR count). The molecule has 3 saturated heterocycles. The highest BCUT2D eigenvalue weighted by Crippen LogP contribution is 2.60. The van der Waals surface area contributed by atoms with E-state index in [4.69, 9.17) is 16.3 Å². The van der Waals surface area contributed by atoms with Crippen LogP contribution in [-0.2, 0) is 24.7 Å². The largest absolute Gasteiger partial charge is 0.385 e. The second kappa shape index (κ2) is 6.52. The van der Waals surface area contributed by atoms with Crippen LogP contribution in [0.2, 0.25) is 5.02 Å². The van der Waals surface area contributed by atoms with Gasteiger partial charge in [-0.2, -0.15) is 0 Å². The zero-order valence-electron chi connectivity index (χ0n) is 16.5. The summed E-state index contributed by atoms with van der Waals surface area (Å²) in [7, 11) is 1.60. The van der Waals surface area contributed by atoms with Crippen LogP contribution in [0, 0.1) is 18.8 Å². The van der Waals surface area contributed by atoms with Gasteiger partial charge < -0.3 is 10.1 Å². The zero-order valence-corrected chi connectivity index (χ0v) is 17.3. The van der Waals surface area contributed by atoms with Crippen molar-refractivity contribution in [1.29, 1.82) is 0 Å². The van der Waals surface area contributed by atoms with Crippen LogP contribution in [0.15, 0.2) is 12.1 Å². The molecule has 4 aliphatic rings. The van der Waals surface area contributed by atoms with Crippen LogP contribution in [0.1, 0.15) is 30.4 Å². The van der Waals surface area contributed by atoms with Crippen molar-refractivity contribution in [3.63, 3.8) is 0 Å². The zero-order chi connectivity index (χ0) is 20.5. The summed E-state index contributed by atoms with van der Waals surface area (Å²) in [4.78, 5) is 43.8. The van der Waals surface area contributed by atoms with Gasteiger partial charge in [0.05, 0.1) is 11.8 Å². The number of amides is 3. The van der Waals surface area contributed by atoms with Gasteiger partial charge in [0.1, 0.15) is 5.54 Å². The molecule has 4 aliphatic heterocycles. The summed E-state index contributed by atoms with van der Waals surface area (Å²) >= 11 is 6.37. The Hall–Kier alpha value is -1.96. The van der Waals surface area contributed by atoms with Crippen LogP contribution in [-0.4, -0.2) is 60.4 Å². The van der Waals surface area contributed by atoms with Crippen molar-refractivity contribution in [2.75, 3.05) is 32.1 Å². The van der Waals surface area contributed by atoms with E-state index in [0.717, 1.165) is 29.7 Å². The van der Waals surface area contributed by atoms with Crippen molar-refractivity contribution < 1.29 is 19.1 Å². The highest BCUT2D eigenvalue weighted by atomic mass is 35.5. The highest BCUT2D eigenvalue weighted by Gasteiger charge is 2.74. The summed E-state index contributed by atoms with van der Waals surface area (Å²) in [5.41, 5.74) is 1.18. The number of nitrogens with one attached hydrogen (secondary N) is 1. The molecular weight excluding hydrogens is 394 g/mol. The molecule has 4 atom stereocenters. The standard InChI is InChI=1S/C21H24ClN3O4/c1-11-9-12(22)10-13-17(11)23-20(28)21(13)16-15(14-5-3-7-25(14)21)18(26)24(19(16)27)6-4-8-29-2/h9-10,14-16H,3-8H2,1-2H3,(H,23,28). The molecule has 4 heterocycles. The smallest absolute Gasteiger partial charge is 0.250 e. The van der Waals surface area contributed by atoms with Crippen molar-refractivity contribution in [3.05, 3.63) is 28.3 Å². The third-order valence-corrected chi connectivity index (χ3v) is 7.30. The van der Waals surface area contributed by atoms with Gasteiger partial charge in [0, 0.05) is 42.6 Å². The van der Waals surface area contributed by atoms with E-state index in [1.54, 1.807) is 13.2 Å². The summed E-state index contributed by atoms with van der Waals surface area (Å²) in [5, 5.41) is 3.54. The lowest BCUT2D eigenvalue weighted by molar-refractivity contribution is -0.145. The summed E-state index contributed by atoms with van der Waals surface area (Å²) < 4.78 is 5.08. The number of imide groups is 1. The molecule has 0 aromatic heterocycles. The molecule has 4 unspecified atom stereocenters. The van der Waals surface area contributed by atoms with E-state index < -0.39 is 17.4 Å². The second-order valence-electron chi connectivity index (χ2n) is 8.45. The highest BCUT2D eigenvalue weighted by molar-refractivity contribution is 6.31. The molecule has 1 spiro atoms. The fraction of sp³-hybridized carbons (Fsp3) is 0.571. The maximum Gasteiger partial charge on any atom is 0.250 e. The van der Waals surface area contributed by atoms with Gasteiger partial charge in [0.25, 0.3) is 0 Å². The molecule has 1 aromatic rings. The number of methoxy groups -OCH3 is 1. The SMILES string of the molecule is COCCCN1C(=O)C2C3CCCN3C3(C(=O)Nc4c(C)cc(Cl)cc43)C2C1=O. The van der Waals surface area contributed by atoms with E-state index in [2.05, 4.69) is 10.2 Å². The number of benzene rings is 1. The Labute approximate surface area is 174 Å². The number of likely N-dealkylation sites (tertiary alicyclic amines) is 1. The number of carbonyl (C=O) groups is 3. The van der Waals surface area contributed by atoms with Gasteiger partial charge in [0.15, 0.2) is 0 Å². The lowest BCUT2D eigenvalue weighted by atomic mass is 9.75. The monoisotopic (exact) mass is 417 g/mol. The minimum atomic E-state index is -1.15. The minimum Gasteiger partial charge on any atom is -0.385 e. The Morgan fingerprint density at radius 1 is 1.28 bits per heavy atom.